The van der Waals surface area contributed by atoms with Crippen molar-refractivity contribution in [2.75, 3.05) is 26.7 Å². The van der Waals surface area contributed by atoms with Gasteiger partial charge in [0.25, 0.3) is 0 Å². The number of hydrogen-bond acceptors (Lipinski definition) is 4. The van der Waals surface area contributed by atoms with Gasteiger partial charge in [-0.1, -0.05) is 66.7 Å². The molecule has 34 heavy (non-hydrogen) atoms. The first-order valence-electron chi connectivity index (χ1n) is 11.5. The zero-order valence-electron chi connectivity index (χ0n) is 19.6. The van der Waals surface area contributed by atoms with Crippen LogP contribution in [0.1, 0.15) is 23.1 Å². The number of guanidine groups is 1. The average Bonchev–Trinajstić information content (AvgIpc) is 3.34. The summed E-state index contributed by atoms with van der Waals surface area (Å²) in [5, 5.41) is 3.48. The van der Waals surface area contributed by atoms with Crippen molar-refractivity contribution in [2.45, 2.75) is 26.2 Å². The van der Waals surface area contributed by atoms with E-state index in [1.165, 1.54) is 5.56 Å². The lowest BCUT2D eigenvalue weighted by molar-refractivity contribution is 0.0906. The molecule has 1 fully saturated rings. The molecule has 3 aromatic rings. The molecule has 7 heteroatoms. The Morgan fingerprint density at radius 1 is 1.00 bits per heavy atom. The number of aromatic nitrogens is 1. The van der Waals surface area contributed by atoms with Gasteiger partial charge in [-0.05, 0) is 23.6 Å². The van der Waals surface area contributed by atoms with E-state index in [-0.39, 0.29) is 24.0 Å². The van der Waals surface area contributed by atoms with Crippen LogP contribution in [0.5, 0.6) is 5.88 Å². The van der Waals surface area contributed by atoms with Gasteiger partial charge in [0.2, 0.25) is 5.88 Å². The van der Waals surface area contributed by atoms with Crippen LogP contribution in [0.4, 0.5) is 0 Å². The fourth-order valence-electron chi connectivity index (χ4n) is 4.00. The molecular weight excluding hydrogens is 539 g/mol. The van der Waals surface area contributed by atoms with Gasteiger partial charge in [0.05, 0.1) is 13.2 Å². The summed E-state index contributed by atoms with van der Waals surface area (Å²) in [6.07, 6.45) is 2.87. The molecule has 0 radical (unpaired) electrons. The first-order chi connectivity index (χ1) is 16.3. The molecule has 0 saturated carbocycles. The Labute approximate surface area is 219 Å². The number of pyridine rings is 1. The van der Waals surface area contributed by atoms with Gasteiger partial charge in [0.1, 0.15) is 6.61 Å². The predicted octanol–water partition coefficient (Wildman–Crippen LogP) is 4.89. The highest BCUT2D eigenvalue weighted by molar-refractivity contribution is 14.0. The molecule has 0 spiro atoms. The van der Waals surface area contributed by atoms with Gasteiger partial charge in [-0.25, -0.2) is 4.98 Å². The van der Waals surface area contributed by atoms with Crippen molar-refractivity contribution in [3.63, 3.8) is 0 Å². The fraction of sp³-hybridized carbons (Fsp3) is 0.333. The van der Waals surface area contributed by atoms with E-state index in [4.69, 9.17) is 9.47 Å². The van der Waals surface area contributed by atoms with Crippen molar-refractivity contribution in [1.29, 1.82) is 0 Å². The summed E-state index contributed by atoms with van der Waals surface area (Å²) >= 11 is 0. The smallest absolute Gasteiger partial charge is 0.218 e. The van der Waals surface area contributed by atoms with Gasteiger partial charge in [0, 0.05) is 44.4 Å². The number of benzene rings is 2. The lowest BCUT2D eigenvalue weighted by Gasteiger charge is -2.22. The minimum absolute atomic E-state index is 0. The molecule has 1 unspecified atom stereocenters. The summed E-state index contributed by atoms with van der Waals surface area (Å²) < 4.78 is 12.0. The summed E-state index contributed by atoms with van der Waals surface area (Å²) in [4.78, 5) is 11.2. The van der Waals surface area contributed by atoms with Crippen molar-refractivity contribution < 1.29 is 9.47 Å². The molecule has 0 bridgehead atoms. The maximum absolute atomic E-state index is 5.99. The molecule has 1 N–H and O–H groups in total. The first-order valence-corrected chi connectivity index (χ1v) is 11.5. The Hall–Kier alpha value is -2.65. The summed E-state index contributed by atoms with van der Waals surface area (Å²) in [7, 11) is 1.83. The van der Waals surface area contributed by atoms with Crippen LogP contribution < -0.4 is 10.1 Å². The molecule has 2 aromatic carbocycles. The van der Waals surface area contributed by atoms with Crippen LogP contribution in [0.2, 0.25) is 0 Å². The Morgan fingerprint density at radius 3 is 2.41 bits per heavy atom. The topological polar surface area (TPSA) is 59.0 Å². The minimum atomic E-state index is 0. The normalized spacial score (nSPS) is 15.6. The summed E-state index contributed by atoms with van der Waals surface area (Å²) in [5.41, 5.74) is 3.35. The van der Waals surface area contributed by atoms with E-state index in [9.17, 15) is 0 Å². The molecule has 1 aliphatic heterocycles. The van der Waals surface area contributed by atoms with Crippen LogP contribution in [0.3, 0.4) is 0 Å². The zero-order valence-corrected chi connectivity index (χ0v) is 21.9. The van der Waals surface area contributed by atoms with E-state index < -0.39 is 0 Å². The van der Waals surface area contributed by atoms with Crippen molar-refractivity contribution in [3.8, 4) is 5.88 Å². The molecule has 4 rings (SSSR count). The van der Waals surface area contributed by atoms with E-state index in [2.05, 4.69) is 44.5 Å². The molecule has 6 nitrogen and oxygen atoms in total. The molecule has 1 atom stereocenters. The molecule has 1 saturated heterocycles. The molecule has 0 amide bonds. The van der Waals surface area contributed by atoms with Crippen LogP contribution in [-0.4, -0.2) is 42.6 Å². The lowest BCUT2D eigenvalue weighted by Crippen LogP contribution is -2.40. The van der Waals surface area contributed by atoms with E-state index in [0.717, 1.165) is 43.2 Å². The van der Waals surface area contributed by atoms with E-state index >= 15 is 0 Å². The highest BCUT2D eigenvalue weighted by Crippen LogP contribution is 2.19. The second kappa shape index (κ2) is 13.9. The number of halogens is 1. The van der Waals surface area contributed by atoms with Crippen molar-refractivity contribution in [1.82, 2.24) is 15.2 Å². The second-order valence-electron chi connectivity index (χ2n) is 8.24. The Morgan fingerprint density at radius 2 is 1.71 bits per heavy atom. The zero-order chi connectivity index (χ0) is 22.7. The number of ether oxygens (including phenoxy) is 2. The first kappa shape index (κ1) is 26.0. The standard InChI is InChI=1S/C27H32N4O2.HI/c1-28-27(31-16-14-24(18-31)20-32-19-22-9-4-2-5-10-22)30-17-25-13-8-15-29-26(25)33-21-23-11-6-3-7-12-23;/h2-13,15,24H,14,16-21H2,1H3,(H,28,30);1H. The number of likely N-dealkylation sites (tertiary alicyclic amines) is 1. The summed E-state index contributed by atoms with van der Waals surface area (Å²) in [5.74, 6) is 2.06. The van der Waals surface area contributed by atoms with Crippen LogP contribution >= 0.6 is 24.0 Å². The maximum atomic E-state index is 5.99. The van der Waals surface area contributed by atoms with Crippen molar-refractivity contribution in [2.24, 2.45) is 10.9 Å². The van der Waals surface area contributed by atoms with Gasteiger partial charge >= 0.3 is 0 Å². The third-order valence-corrected chi connectivity index (χ3v) is 5.77. The highest BCUT2D eigenvalue weighted by atomic mass is 127. The van der Waals surface area contributed by atoms with Crippen LogP contribution in [-0.2, 0) is 24.5 Å². The molecule has 1 aliphatic rings. The number of aliphatic imine (C=N–C) groups is 1. The van der Waals surface area contributed by atoms with Crippen LogP contribution in [0.15, 0.2) is 84.0 Å². The lowest BCUT2D eigenvalue weighted by atomic mass is 10.1. The quantitative estimate of drug-likeness (QED) is 0.225. The van der Waals surface area contributed by atoms with Gasteiger partial charge in [-0.2, -0.15) is 0 Å². The summed E-state index contributed by atoms with van der Waals surface area (Å²) in [6, 6.07) is 24.4. The van der Waals surface area contributed by atoms with Crippen LogP contribution in [0, 0.1) is 5.92 Å². The maximum Gasteiger partial charge on any atom is 0.218 e. The largest absolute Gasteiger partial charge is 0.473 e. The molecule has 2 heterocycles. The predicted molar refractivity (Wildman–Crippen MR) is 146 cm³/mol. The SMILES string of the molecule is CN=C(NCc1cccnc1OCc1ccccc1)N1CCC(COCc2ccccc2)C1.I. The Balaban J connectivity index is 0.00000324. The second-order valence-corrected chi connectivity index (χ2v) is 8.24. The van der Waals surface area contributed by atoms with Gasteiger partial charge in [0.15, 0.2) is 5.96 Å². The number of rotatable bonds is 9. The third kappa shape index (κ3) is 7.70. The average molecular weight is 572 g/mol. The Bertz CT molecular complexity index is 1020. The third-order valence-electron chi connectivity index (χ3n) is 5.77. The number of nitrogens with one attached hydrogen (secondary N) is 1. The Kier molecular flexibility index (Phi) is 10.6. The molecule has 180 valence electrons. The van der Waals surface area contributed by atoms with E-state index in [1.54, 1.807) is 6.20 Å². The van der Waals surface area contributed by atoms with Gasteiger partial charge < -0.3 is 19.7 Å². The van der Waals surface area contributed by atoms with Crippen molar-refractivity contribution >= 4 is 29.9 Å². The minimum Gasteiger partial charge on any atom is -0.473 e. The fourth-order valence-corrected chi connectivity index (χ4v) is 4.00. The van der Waals surface area contributed by atoms with Gasteiger partial charge in [-0.15, -0.1) is 24.0 Å². The monoisotopic (exact) mass is 572 g/mol. The van der Waals surface area contributed by atoms with Crippen LogP contribution in [0.25, 0.3) is 0 Å². The van der Waals surface area contributed by atoms with E-state index in [0.29, 0.717) is 31.6 Å². The van der Waals surface area contributed by atoms with Gasteiger partial charge in [-0.3, -0.25) is 4.99 Å². The number of nitrogens with zero attached hydrogens (tertiary/aromatic N) is 3. The molecule has 0 aliphatic carbocycles. The highest BCUT2D eigenvalue weighted by Gasteiger charge is 2.25. The van der Waals surface area contributed by atoms with E-state index in [1.807, 2.05) is 55.6 Å². The molecule has 1 aromatic heterocycles. The number of hydrogen-bond donors (Lipinski definition) is 1. The van der Waals surface area contributed by atoms with Crippen molar-refractivity contribution in [3.05, 3.63) is 95.7 Å². The molecular formula is C27H33IN4O2. The summed E-state index contributed by atoms with van der Waals surface area (Å²) in [6.45, 7) is 4.45.